The van der Waals surface area contributed by atoms with Crippen LogP contribution >= 0.6 is 0 Å². The number of halogens is 1. The Morgan fingerprint density at radius 3 is 2.47 bits per heavy atom. The number of hydrogen-bond donors (Lipinski definition) is 0. The molecule has 1 aromatic heterocycles. The van der Waals surface area contributed by atoms with Crippen molar-refractivity contribution in [1.82, 2.24) is 4.98 Å². The van der Waals surface area contributed by atoms with Crippen molar-refractivity contribution in [1.29, 1.82) is 0 Å². The van der Waals surface area contributed by atoms with E-state index in [4.69, 9.17) is 4.74 Å². The van der Waals surface area contributed by atoms with E-state index in [9.17, 15) is 4.39 Å². The van der Waals surface area contributed by atoms with Crippen molar-refractivity contribution in [3.05, 3.63) is 60.4 Å². The molecule has 0 aliphatic rings. The second-order valence-corrected chi connectivity index (χ2v) is 4.23. The SMILES string of the molecule is COc1cc(-c2ccc(F)cc2)nc2ccccc12. The van der Waals surface area contributed by atoms with Crippen LogP contribution in [0.25, 0.3) is 22.2 Å². The summed E-state index contributed by atoms with van der Waals surface area (Å²) in [5.41, 5.74) is 2.50. The van der Waals surface area contributed by atoms with E-state index < -0.39 is 0 Å². The van der Waals surface area contributed by atoms with Crippen molar-refractivity contribution >= 4 is 10.9 Å². The van der Waals surface area contributed by atoms with Gasteiger partial charge in [-0.15, -0.1) is 0 Å². The molecule has 0 atom stereocenters. The van der Waals surface area contributed by atoms with Crippen molar-refractivity contribution in [3.63, 3.8) is 0 Å². The van der Waals surface area contributed by atoms with Crippen molar-refractivity contribution in [2.24, 2.45) is 0 Å². The molecule has 0 saturated heterocycles. The maximum atomic E-state index is 13.0. The van der Waals surface area contributed by atoms with Crippen LogP contribution in [0.5, 0.6) is 5.75 Å². The predicted molar refractivity (Wildman–Crippen MR) is 73.7 cm³/mol. The molecule has 0 amide bonds. The van der Waals surface area contributed by atoms with E-state index in [-0.39, 0.29) is 5.82 Å². The molecule has 94 valence electrons. The predicted octanol–water partition coefficient (Wildman–Crippen LogP) is 4.05. The van der Waals surface area contributed by atoms with Crippen LogP contribution in [0, 0.1) is 5.82 Å². The first-order chi connectivity index (χ1) is 9.28. The van der Waals surface area contributed by atoms with E-state index >= 15 is 0 Å². The van der Waals surface area contributed by atoms with Crippen LogP contribution in [0.3, 0.4) is 0 Å². The van der Waals surface area contributed by atoms with Gasteiger partial charge in [0.2, 0.25) is 0 Å². The topological polar surface area (TPSA) is 22.1 Å². The van der Waals surface area contributed by atoms with Crippen molar-refractivity contribution < 1.29 is 9.13 Å². The number of para-hydroxylation sites is 1. The molecule has 0 spiro atoms. The molecule has 1 heterocycles. The van der Waals surface area contributed by atoms with Crippen molar-refractivity contribution in [3.8, 4) is 17.0 Å². The number of methoxy groups -OCH3 is 1. The van der Waals surface area contributed by atoms with Crippen LogP contribution < -0.4 is 4.74 Å². The highest BCUT2D eigenvalue weighted by Gasteiger charge is 2.07. The molecule has 0 N–H and O–H groups in total. The fourth-order valence-electron chi connectivity index (χ4n) is 2.08. The zero-order valence-electron chi connectivity index (χ0n) is 10.4. The van der Waals surface area contributed by atoms with Gasteiger partial charge in [-0.2, -0.15) is 0 Å². The zero-order valence-corrected chi connectivity index (χ0v) is 10.4. The van der Waals surface area contributed by atoms with E-state index in [0.717, 1.165) is 27.9 Å². The summed E-state index contributed by atoms with van der Waals surface area (Å²) in [7, 11) is 1.64. The Labute approximate surface area is 110 Å². The van der Waals surface area contributed by atoms with Crippen LogP contribution in [0.4, 0.5) is 4.39 Å². The summed E-state index contributed by atoms with van der Waals surface area (Å²) in [5, 5.41) is 0.968. The van der Waals surface area contributed by atoms with Gasteiger partial charge in [-0.05, 0) is 36.4 Å². The van der Waals surface area contributed by atoms with Crippen molar-refractivity contribution in [2.75, 3.05) is 7.11 Å². The Kier molecular flexibility index (Phi) is 2.88. The van der Waals surface area contributed by atoms with Gasteiger partial charge in [-0.1, -0.05) is 12.1 Å². The summed E-state index contributed by atoms with van der Waals surface area (Å²) < 4.78 is 18.4. The highest BCUT2D eigenvalue weighted by atomic mass is 19.1. The first kappa shape index (κ1) is 11.7. The lowest BCUT2D eigenvalue weighted by atomic mass is 10.1. The van der Waals surface area contributed by atoms with Gasteiger partial charge in [-0.3, -0.25) is 0 Å². The molecule has 19 heavy (non-hydrogen) atoms. The fourth-order valence-corrected chi connectivity index (χ4v) is 2.08. The molecule has 3 rings (SSSR count). The molecule has 0 fully saturated rings. The average molecular weight is 253 g/mol. The van der Waals surface area contributed by atoms with Gasteiger partial charge in [0.25, 0.3) is 0 Å². The maximum absolute atomic E-state index is 13.0. The highest BCUT2D eigenvalue weighted by Crippen LogP contribution is 2.29. The van der Waals surface area contributed by atoms with Crippen molar-refractivity contribution in [2.45, 2.75) is 0 Å². The molecule has 3 aromatic rings. The van der Waals surface area contributed by atoms with Gasteiger partial charge in [0.15, 0.2) is 0 Å². The van der Waals surface area contributed by atoms with Gasteiger partial charge in [0.1, 0.15) is 11.6 Å². The Balaban J connectivity index is 2.22. The normalized spacial score (nSPS) is 10.6. The summed E-state index contributed by atoms with van der Waals surface area (Å²) in [6, 6.07) is 15.9. The molecule has 0 unspecified atom stereocenters. The average Bonchev–Trinajstić information content (AvgIpc) is 2.47. The van der Waals surface area contributed by atoms with Gasteiger partial charge in [-0.25, -0.2) is 9.37 Å². The van der Waals surface area contributed by atoms with Crippen LogP contribution in [0.1, 0.15) is 0 Å². The van der Waals surface area contributed by atoms with Gasteiger partial charge < -0.3 is 4.74 Å². The molecule has 3 heteroatoms. The van der Waals surface area contributed by atoms with Gasteiger partial charge in [0.05, 0.1) is 18.3 Å². The van der Waals surface area contributed by atoms with E-state index in [1.165, 1.54) is 12.1 Å². The van der Waals surface area contributed by atoms with Crippen LogP contribution in [0.15, 0.2) is 54.6 Å². The Bertz CT molecular complexity index is 722. The molecule has 0 radical (unpaired) electrons. The van der Waals surface area contributed by atoms with Crippen LogP contribution in [-0.2, 0) is 0 Å². The fraction of sp³-hybridized carbons (Fsp3) is 0.0625. The number of benzene rings is 2. The molecule has 2 aromatic carbocycles. The Hall–Kier alpha value is -2.42. The first-order valence-electron chi connectivity index (χ1n) is 5.97. The second-order valence-electron chi connectivity index (χ2n) is 4.23. The number of fused-ring (bicyclic) bond motifs is 1. The lowest BCUT2D eigenvalue weighted by Gasteiger charge is -2.08. The summed E-state index contributed by atoms with van der Waals surface area (Å²) >= 11 is 0. The molecule has 0 bridgehead atoms. The maximum Gasteiger partial charge on any atom is 0.130 e. The Morgan fingerprint density at radius 1 is 1.00 bits per heavy atom. The summed E-state index contributed by atoms with van der Waals surface area (Å²) in [5.74, 6) is 0.515. The number of ether oxygens (including phenoxy) is 1. The number of pyridine rings is 1. The van der Waals surface area contributed by atoms with E-state index in [0.29, 0.717) is 0 Å². The number of rotatable bonds is 2. The van der Waals surface area contributed by atoms with E-state index in [2.05, 4.69) is 4.98 Å². The summed E-state index contributed by atoms with van der Waals surface area (Å²) in [6.45, 7) is 0. The Morgan fingerprint density at radius 2 is 1.74 bits per heavy atom. The molecule has 2 nitrogen and oxygen atoms in total. The van der Waals surface area contributed by atoms with Crippen LogP contribution in [-0.4, -0.2) is 12.1 Å². The third kappa shape index (κ3) is 2.15. The quantitative estimate of drug-likeness (QED) is 0.687. The third-order valence-electron chi connectivity index (χ3n) is 3.04. The molecule has 0 saturated carbocycles. The lowest BCUT2D eigenvalue weighted by Crippen LogP contribution is -1.91. The molecular weight excluding hydrogens is 241 g/mol. The number of nitrogens with zero attached hydrogens (tertiary/aromatic N) is 1. The minimum Gasteiger partial charge on any atom is -0.496 e. The standard InChI is InChI=1S/C16H12FNO/c1-19-16-10-15(11-6-8-12(17)9-7-11)18-14-5-3-2-4-13(14)16/h2-10H,1H3. The minimum atomic E-state index is -0.253. The highest BCUT2D eigenvalue weighted by molar-refractivity contribution is 5.87. The number of aromatic nitrogens is 1. The smallest absolute Gasteiger partial charge is 0.130 e. The third-order valence-corrected chi connectivity index (χ3v) is 3.04. The largest absolute Gasteiger partial charge is 0.496 e. The second kappa shape index (κ2) is 4.69. The van der Waals surface area contributed by atoms with E-state index in [1.807, 2.05) is 30.3 Å². The van der Waals surface area contributed by atoms with Gasteiger partial charge >= 0.3 is 0 Å². The molecule has 0 aliphatic heterocycles. The zero-order chi connectivity index (χ0) is 13.2. The molecular formula is C16H12FNO. The minimum absolute atomic E-state index is 0.253. The number of hydrogen-bond acceptors (Lipinski definition) is 2. The summed E-state index contributed by atoms with van der Waals surface area (Å²) in [4.78, 5) is 4.58. The lowest BCUT2D eigenvalue weighted by molar-refractivity contribution is 0.419. The molecule has 0 aliphatic carbocycles. The monoisotopic (exact) mass is 253 g/mol. The van der Waals surface area contributed by atoms with Crippen LogP contribution in [0.2, 0.25) is 0 Å². The van der Waals surface area contributed by atoms with Gasteiger partial charge in [0, 0.05) is 17.0 Å². The van der Waals surface area contributed by atoms with E-state index in [1.54, 1.807) is 19.2 Å². The first-order valence-corrected chi connectivity index (χ1v) is 5.97. The summed E-state index contributed by atoms with van der Waals surface area (Å²) in [6.07, 6.45) is 0.